The molecule has 0 aromatic heterocycles. The van der Waals surface area contributed by atoms with Gasteiger partial charge in [0.05, 0.1) is 28.5 Å². The predicted octanol–water partition coefficient (Wildman–Crippen LogP) is 3.93. The number of hydrogen-bond donors (Lipinski definition) is 3. The summed E-state index contributed by atoms with van der Waals surface area (Å²) < 4.78 is 38.7. The molecule has 0 bridgehead atoms. The number of benzene rings is 1. The van der Waals surface area contributed by atoms with Crippen molar-refractivity contribution in [1.29, 1.82) is 0 Å². The molecule has 5 nitrogen and oxygen atoms in total. The highest BCUT2D eigenvalue weighted by atomic mass is 19.4. The fraction of sp³-hybridized carbons (Fsp3) is 0.667. The smallest absolute Gasteiger partial charge is 0.391 e. The summed E-state index contributed by atoms with van der Waals surface area (Å²) in [5, 5.41) is 6.10. The Hall–Kier alpha value is -2.12. The molecule has 8 heteroatoms. The highest BCUT2D eigenvalue weighted by Gasteiger charge is 2.46. The summed E-state index contributed by atoms with van der Waals surface area (Å²) in [7, 11) is 1.81. The van der Waals surface area contributed by atoms with Crippen molar-refractivity contribution in [3.05, 3.63) is 17.2 Å². The first kappa shape index (κ1) is 20.2. The number of carbonyl (C=O) groups is 1. The summed E-state index contributed by atoms with van der Waals surface area (Å²) in [6.07, 6.45) is -2.06. The van der Waals surface area contributed by atoms with Crippen molar-refractivity contribution in [3.63, 3.8) is 0 Å². The van der Waals surface area contributed by atoms with Gasteiger partial charge in [0.2, 0.25) is 0 Å². The van der Waals surface area contributed by atoms with Gasteiger partial charge in [-0.2, -0.15) is 13.2 Å². The Morgan fingerprint density at radius 3 is 2.34 bits per heavy atom. The number of alkyl halides is 3. The second-order valence-electron chi connectivity index (χ2n) is 8.84. The largest absolute Gasteiger partial charge is 0.397 e. The zero-order valence-corrected chi connectivity index (χ0v) is 16.9. The number of fused-ring (bicyclic) bond motifs is 1. The van der Waals surface area contributed by atoms with Gasteiger partial charge >= 0.3 is 6.18 Å². The Bertz CT molecular complexity index is 792. The lowest BCUT2D eigenvalue weighted by atomic mass is 9.85. The number of anilines is 3. The van der Waals surface area contributed by atoms with Gasteiger partial charge in [-0.05, 0) is 62.5 Å². The molecule has 1 aliphatic heterocycles. The Labute approximate surface area is 169 Å². The van der Waals surface area contributed by atoms with Gasteiger partial charge in [0.25, 0.3) is 5.91 Å². The van der Waals surface area contributed by atoms with Crippen molar-refractivity contribution in [2.75, 3.05) is 36.1 Å². The van der Waals surface area contributed by atoms with Gasteiger partial charge in [-0.15, -0.1) is 0 Å². The molecule has 1 saturated heterocycles. The first-order valence-corrected chi connectivity index (χ1v) is 10.4. The number of hydrogen-bond acceptors (Lipinski definition) is 4. The minimum atomic E-state index is -4.15. The molecule has 2 unspecified atom stereocenters. The Morgan fingerprint density at radius 1 is 1.17 bits per heavy atom. The minimum absolute atomic E-state index is 0.0661. The summed E-state index contributed by atoms with van der Waals surface area (Å²) in [4.78, 5) is 15.4. The number of rotatable bonds is 4. The SMILES string of the molecule is CNc1c(N)cc(C(=O)NC2CCC(C(F)(F)F)CC2)c(N2CC3CC3C2)c1C. The van der Waals surface area contributed by atoms with Crippen molar-refractivity contribution >= 4 is 23.0 Å². The summed E-state index contributed by atoms with van der Waals surface area (Å²) in [6.45, 7) is 3.85. The number of amides is 1. The van der Waals surface area contributed by atoms with E-state index in [4.69, 9.17) is 5.73 Å². The van der Waals surface area contributed by atoms with Crippen LogP contribution in [-0.2, 0) is 0 Å². The maximum atomic E-state index is 13.1. The number of nitrogen functional groups attached to an aromatic ring is 1. The maximum absolute atomic E-state index is 13.1. The molecule has 2 aliphatic carbocycles. The van der Waals surface area contributed by atoms with Crippen molar-refractivity contribution in [1.82, 2.24) is 5.32 Å². The number of piperidine rings is 1. The summed E-state index contributed by atoms with van der Waals surface area (Å²) in [5.41, 5.74) is 9.88. The lowest BCUT2D eigenvalue weighted by Gasteiger charge is -2.31. The molecule has 3 aliphatic rings. The molecule has 2 saturated carbocycles. The molecule has 4 rings (SSSR count). The van der Waals surface area contributed by atoms with Gasteiger partial charge in [-0.25, -0.2) is 0 Å². The number of nitrogens with two attached hydrogens (primary N) is 1. The molecule has 3 fully saturated rings. The van der Waals surface area contributed by atoms with E-state index in [0.717, 1.165) is 30.0 Å². The van der Waals surface area contributed by atoms with Gasteiger partial charge in [0, 0.05) is 26.2 Å². The molecule has 1 aromatic rings. The van der Waals surface area contributed by atoms with E-state index in [2.05, 4.69) is 15.5 Å². The first-order valence-electron chi connectivity index (χ1n) is 10.4. The maximum Gasteiger partial charge on any atom is 0.391 e. The van der Waals surface area contributed by atoms with E-state index in [1.807, 2.05) is 14.0 Å². The third kappa shape index (κ3) is 3.85. The van der Waals surface area contributed by atoms with Crippen molar-refractivity contribution in [2.45, 2.75) is 51.2 Å². The number of nitrogens with one attached hydrogen (secondary N) is 2. The van der Waals surface area contributed by atoms with E-state index in [1.165, 1.54) is 6.42 Å². The molecular weight excluding hydrogens is 381 g/mol. The topological polar surface area (TPSA) is 70.4 Å². The van der Waals surface area contributed by atoms with E-state index in [-0.39, 0.29) is 24.8 Å². The van der Waals surface area contributed by atoms with Crippen molar-refractivity contribution < 1.29 is 18.0 Å². The molecule has 0 radical (unpaired) electrons. The quantitative estimate of drug-likeness (QED) is 0.658. The molecule has 160 valence electrons. The van der Waals surface area contributed by atoms with Gasteiger partial charge in [0.1, 0.15) is 0 Å². The lowest BCUT2D eigenvalue weighted by Crippen LogP contribution is -2.40. The molecule has 29 heavy (non-hydrogen) atoms. The number of nitrogens with zero attached hydrogens (tertiary/aromatic N) is 1. The van der Waals surface area contributed by atoms with Crippen LogP contribution in [0.3, 0.4) is 0 Å². The van der Waals surface area contributed by atoms with Gasteiger partial charge in [0.15, 0.2) is 0 Å². The van der Waals surface area contributed by atoms with Crippen molar-refractivity contribution in [3.8, 4) is 0 Å². The highest BCUT2D eigenvalue weighted by molar-refractivity contribution is 6.03. The van der Waals surface area contributed by atoms with Gasteiger partial charge in [-0.1, -0.05) is 0 Å². The van der Waals surface area contributed by atoms with Crippen LogP contribution in [0.4, 0.5) is 30.2 Å². The lowest BCUT2D eigenvalue weighted by molar-refractivity contribution is -0.182. The standard InChI is InChI=1S/C21H29F3N4O/c1-11-18(26-2)17(25)8-16(19(11)28-9-12-7-13(12)10-28)20(29)27-15-5-3-14(4-6-15)21(22,23)24/h8,12-15,26H,3-7,9-10,25H2,1-2H3,(H,27,29). The molecule has 0 spiro atoms. The average Bonchev–Trinajstić information content (AvgIpc) is 3.26. The zero-order chi connectivity index (χ0) is 20.9. The molecular formula is C21H29F3N4O. The van der Waals surface area contributed by atoms with E-state index in [0.29, 0.717) is 35.9 Å². The van der Waals surface area contributed by atoms with Crippen LogP contribution in [0.2, 0.25) is 0 Å². The molecule has 4 N–H and O–H groups in total. The summed E-state index contributed by atoms with van der Waals surface area (Å²) in [6, 6.07) is 1.47. The van der Waals surface area contributed by atoms with Crippen LogP contribution in [-0.4, -0.2) is 38.3 Å². The van der Waals surface area contributed by atoms with Gasteiger partial charge < -0.3 is 21.3 Å². The third-order valence-electron chi connectivity index (χ3n) is 6.89. The highest BCUT2D eigenvalue weighted by Crippen LogP contribution is 2.48. The van der Waals surface area contributed by atoms with E-state index >= 15 is 0 Å². The number of halogens is 3. The monoisotopic (exact) mass is 410 g/mol. The molecule has 2 atom stereocenters. The van der Waals surface area contributed by atoms with Crippen LogP contribution in [0.5, 0.6) is 0 Å². The number of carbonyl (C=O) groups excluding carboxylic acids is 1. The van der Waals surface area contributed by atoms with Gasteiger partial charge in [-0.3, -0.25) is 4.79 Å². The van der Waals surface area contributed by atoms with Crippen molar-refractivity contribution in [2.24, 2.45) is 17.8 Å². The van der Waals surface area contributed by atoms with Crippen LogP contribution >= 0.6 is 0 Å². The third-order valence-corrected chi connectivity index (χ3v) is 6.89. The minimum Gasteiger partial charge on any atom is -0.397 e. The average molecular weight is 410 g/mol. The first-order chi connectivity index (χ1) is 13.7. The normalized spacial score (nSPS) is 28.8. The fourth-order valence-corrected chi connectivity index (χ4v) is 5.15. The predicted molar refractivity (Wildman–Crippen MR) is 108 cm³/mol. The van der Waals surface area contributed by atoms with Crippen LogP contribution in [0, 0.1) is 24.7 Å². The Morgan fingerprint density at radius 2 is 1.79 bits per heavy atom. The Kier molecular flexibility index (Phi) is 5.07. The van der Waals surface area contributed by atoms with Crippen LogP contribution in [0.25, 0.3) is 0 Å². The molecule has 1 heterocycles. The second-order valence-corrected chi connectivity index (χ2v) is 8.84. The second kappa shape index (κ2) is 7.29. The van der Waals surface area contributed by atoms with E-state index in [9.17, 15) is 18.0 Å². The van der Waals surface area contributed by atoms with Crippen LogP contribution in [0.1, 0.15) is 48.0 Å². The fourth-order valence-electron chi connectivity index (χ4n) is 5.15. The Balaban J connectivity index is 1.53. The van der Waals surface area contributed by atoms with Crippen LogP contribution < -0.4 is 21.3 Å². The van der Waals surface area contributed by atoms with E-state index < -0.39 is 12.1 Å². The summed E-state index contributed by atoms with van der Waals surface area (Å²) in [5.74, 6) is -0.0825. The summed E-state index contributed by atoms with van der Waals surface area (Å²) >= 11 is 0. The molecule has 1 amide bonds. The zero-order valence-electron chi connectivity index (χ0n) is 16.9. The molecule has 1 aromatic carbocycles. The van der Waals surface area contributed by atoms with E-state index in [1.54, 1.807) is 6.07 Å². The van der Waals surface area contributed by atoms with Crippen LogP contribution in [0.15, 0.2) is 6.07 Å².